The van der Waals surface area contributed by atoms with Gasteiger partial charge in [-0.3, -0.25) is 0 Å². The van der Waals surface area contributed by atoms with E-state index in [2.05, 4.69) is 5.32 Å². The number of aliphatic hydroxyl groups excluding tert-OH is 1. The van der Waals surface area contributed by atoms with Crippen LogP contribution >= 0.6 is 0 Å². The number of aliphatic hydroxyl groups is 1. The van der Waals surface area contributed by atoms with Gasteiger partial charge < -0.3 is 19.9 Å². The van der Waals surface area contributed by atoms with Gasteiger partial charge in [0.05, 0.1) is 5.56 Å². The predicted molar refractivity (Wildman–Crippen MR) is 79.5 cm³/mol. The van der Waals surface area contributed by atoms with E-state index in [0.29, 0.717) is 18.4 Å². The van der Waals surface area contributed by atoms with Crippen molar-refractivity contribution in [3.8, 4) is 0 Å². The Morgan fingerprint density at radius 2 is 2.09 bits per heavy atom. The van der Waals surface area contributed by atoms with Gasteiger partial charge in [0.1, 0.15) is 18.8 Å². The van der Waals surface area contributed by atoms with Crippen molar-refractivity contribution in [3.05, 3.63) is 35.9 Å². The molecule has 0 saturated carbocycles. The Morgan fingerprint density at radius 3 is 2.73 bits per heavy atom. The Morgan fingerprint density at radius 1 is 1.32 bits per heavy atom. The third-order valence-electron chi connectivity index (χ3n) is 3.56. The van der Waals surface area contributed by atoms with Crippen molar-refractivity contribution in [1.82, 2.24) is 5.32 Å². The van der Waals surface area contributed by atoms with E-state index in [4.69, 9.17) is 14.6 Å². The maximum atomic E-state index is 12.2. The summed E-state index contributed by atoms with van der Waals surface area (Å²) >= 11 is 0. The van der Waals surface area contributed by atoms with Crippen LogP contribution in [0.3, 0.4) is 0 Å². The molecule has 1 fully saturated rings. The van der Waals surface area contributed by atoms with Crippen molar-refractivity contribution >= 4 is 12.1 Å². The molecule has 120 valence electrons. The molecule has 0 spiro atoms. The van der Waals surface area contributed by atoms with Gasteiger partial charge in [-0.05, 0) is 31.4 Å². The third kappa shape index (κ3) is 4.73. The summed E-state index contributed by atoms with van der Waals surface area (Å²) in [7, 11) is 0. The summed E-state index contributed by atoms with van der Waals surface area (Å²) in [4.78, 5) is 23.3. The van der Waals surface area contributed by atoms with E-state index in [9.17, 15) is 9.59 Å². The summed E-state index contributed by atoms with van der Waals surface area (Å²) in [5.41, 5.74) is 0.480. The molecule has 0 bridgehead atoms. The number of unbranched alkanes of at least 4 members (excludes halogenated alkanes) is 2. The highest BCUT2D eigenvalue weighted by Gasteiger charge is 2.32. The van der Waals surface area contributed by atoms with Crippen molar-refractivity contribution in [1.29, 1.82) is 0 Å². The minimum Gasteiger partial charge on any atom is -0.456 e. The van der Waals surface area contributed by atoms with Crippen LogP contribution in [0.4, 0.5) is 4.79 Å². The minimum absolute atomic E-state index is 0.151. The maximum Gasteiger partial charge on any atom is 0.407 e. The first kappa shape index (κ1) is 16.3. The molecule has 2 N–H and O–H groups in total. The molecule has 0 unspecified atom stereocenters. The van der Waals surface area contributed by atoms with E-state index in [1.165, 1.54) is 0 Å². The molecule has 2 atom stereocenters. The van der Waals surface area contributed by atoms with E-state index in [1.54, 1.807) is 24.3 Å². The second-order valence-corrected chi connectivity index (χ2v) is 5.23. The number of nitrogens with one attached hydrogen (secondary N) is 1. The highest BCUT2D eigenvalue weighted by atomic mass is 16.6. The lowest BCUT2D eigenvalue weighted by Gasteiger charge is -2.22. The monoisotopic (exact) mass is 307 g/mol. The van der Waals surface area contributed by atoms with Crippen LogP contribution < -0.4 is 5.32 Å². The van der Waals surface area contributed by atoms with Crippen LogP contribution in [-0.4, -0.2) is 42.5 Å². The van der Waals surface area contributed by atoms with Crippen molar-refractivity contribution < 1.29 is 24.2 Å². The fourth-order valence-electron chi connectivity index (χ4n) is 2.36. The standard InChI is InChI=1S/C16H21NO5/c18-10-6-2-5-9-14(13-11-21-16(20)17-13)22-15(19)12-7-3-1-4-8-12/h1,3-4,7-8,13-14,18H,2,5-6,9-11H2,(H,17,20)/t13-,14+/m1/s1. The van der Waals surface area contributed by atoms with Gasteiger partial charge in [-0.1, -0.05) is 24.6 Å². The van der Waals surface area contributed by atoms with E-state index < -0.39 is 18.2 Å². The van der Waals surface area contributed by atoms with E-state index in [0.717, 1.165) is 12.8 Å². The summed E-state index contributed by atoms with van der Waals surface area (Å²) < 4.78 is 10.4. The molecule has 1 aliphatic heterocycles. The molecule has 1 aromatic carbocycles. The molecule has 1 aromatic rings. The second kappa shape index (κ2) is 8.38. The summed E-state index contributed by atoms with van der Waals surface area (Å²) in [5, 5.41) is 11.5. The van der Waals surface area contributed by atoms with Crippen LogP contribution in [0.15, 0.2) is 30.3 Å². The Kier molecular flexibility index (Phi) is 6.21. The zero-order valence-corrected chi connectivity index (χ0v) is 12.4. The van der Waals surface area contributed by atoms with Gasteiger partial charge in [0.15, 0.2) is 0 Å². The quantitative estimate of drug-likeness (QED) is 0.566. The van der Waals surface area contributed by atoms with Gasteiger partial charge in [0.2, 0.25) is 0 Å². The average molecular weight is 307 g/mol. The zero-order valence-electron chi connectivity index (χ0n) is 12.4. The van der Waals surface area contributed by atoms with Crippen LogP contribution in [0.25, 0.3) is 0 Å². The van der Waals surface area contributed by atoms with Crippen molar-refractivity contribution in [2.45, 2.75) is 37.8 Å². The Hall–Kier alpha value is -2.08. The number of amides is 1. The Balaban J connectivity index is 1.94. The van der Waals surface area contributed by atoms with Crippen molar-refractivity contribution in [2.24, 2.45) is 0 Å². The number of ether oxygens (including phenoxy) is 2. The third-order valence-corrected chi connectivity index (χ3v) is 3.56. The molecule has 2 rings (SSSR count). The molecule has 6 nitrogen and oxygen atoms in total. The molecule has 0 radical (unpaired) electrons. The Labute approximate surface area is 129 Å². The Bertz CT molecular complexity index is 491. The number of rotatable bonds is 8. The number of alkyl carbamates (subject to hydrolysis) is 1. The smallest absolute Gasteiger partial charge is 0.407 e. The van der Waals surface area contributed by atoms with Gasteiger partial charge in [-0.2, -0.15) is 0 Å². The normalized spacial score (nSPS) is 18.4. The van der Waals surface area contributed by atoms with Crippen LogP contribution in [0.5, 0.6) is 0 Å². The molecule has 0 aliphatic carbocycles. The van der Waals surface area contributed by atoms with Gasteiger partial charge in [-0.15, -0.1) is 0 Å². The number of hydrogen-bond acceptors (Lipinski definition) is 5. The first-order valence-corrected chi connectivity index (χ1v) is 7.51. The summed E-state index contributed by atoms with van der Waals surface area (Å²) in [6.45, 7) is 0.351. The first-order chi connectivity index (χ1) is 10.7. The lowest BCUT2D eigenvalue weighted by atomic mass is 10.0. The number of carbonyl (C=O) groups is 2. The molecule has 0 aromatic heterocycles. The van der Waals surface area contributed by atoms with E-state index >= 15 is 0 Å². The largest absolute Gasteiger partial charge is 0.456 e. The number of carbonyl (C=O) groups excluding carboxylic acids is 2. The highest BCUT2D eigenvalue weighted by molar-refractivity contribution is 5.89. The van der Waals surface area contributed by atoms with Gasteiger partial charge in [0.25, 0.3) is 0 Å². The van der Waals surface area contributed by atoms with E-state index in [-0.39, 0.29) is 19.3 Å². The minimum atomic E-state index is -0.485. The van der Waals surface area contributed by atoms with Crippen LogP contribution in [0.2, 0.25) is 0 Å². The molecular formula is C16H21NO5. The number of hydrogen-bond donors (Lipinski definition) is 2. The molecule has 1 heterocycles. The topological polar surface area (TPSA) is 84.9 Å². The lowest BCUT2D eigenvalue weighted by Crippen LogP contribution is -2.41. The molecular weight excluding hydrogens is 286 g/mol. The van der Waals surface area contributed by atoms with Crippen molar-refractivity contribution in [2.75, 3.05) is 13.2 Å². The molecule has 1 saturated heterocycles. The van der Waals surface area contributed by atoms with Crippen LogP contribution in [0, 0.1) is 0 Å². The molecule has 1 amide bonds. The summed E-state index contributed by atoms with van der Waals surface area (Å²) in [6.07, 6.45) is 2.07. The number of benzene rings is 1. The van der Waals surface area contributed by atoms with Gasteiger partial charge in [0, 0.05) is 6.61 Å². The average Bonchev–Trinajstić information content (AvgIpc) is 2.97. The fourth-order valence-corrected chi connectivity index (χ4v) is 2.36. The SMILES string of the molecule is O=C1N[C@@H]([C@H](CCCCCO)OC(=O)c2ccccc2)CO1. The summed E-state index contributed by atoms with van der Waals surface area (Å²) in [6, 6.07) is 8.42. The lowest BCUT2D eigenvalue weighted by molar-refractivity contribution is 0.0178. The van der Waals surface area contributed by atoms with Crippen LogP contribution in [-0.2, 0) is 9.47 Å². The molecule has 1 aliphatic rings. The van der Waals surface area contributed by atoms with Crippen molar-refractivity contribution in [3.63, 3.8) is 0 Å². The van der Waals surface area contributed by atoms with Crippen LogP contribution in [0.1, 0.15) is 36.0 Å². The predicted octanol–water partition coefficient (Wildman–Crippen LogP) is 1.87. The maximum absolute atomic E-state index is 12.2. The summed E-state index contributed by atoms with van der Waals surface area (Å²) in [5.74, 6) is -0.408. The zero-order chi connectivity index (χ0) is 15.8. The first-order valence-electron chi connectivity index (χ1n) is 7.51. The highest BCUT2D eigenvalue weighted by Crippen LogP contribution is 2.16. The van der Waals surface area contributed by atoms with Gasteiger partial charge in [-0.25, -0.2) is 9.59 Å². The fraction of sp³-hybridized carbons (Fsp3) is 0.500. The molecule has 22 heavy (non-hydrogen) atoms. The number of cyclic esters (lactones) is 1. The van der Waals surface area contributed by atoms with E-state index in [1.807, 2.05) is 6.07 Å². The number of esters is 1. The second-order valence-electron chi connectivity index (χ2n) is 5.23. The van der Waals surface area contributed by atoms with Gasteiger partial charge >= 0.3 is 12.1 Å². The molecule has 6 heteroatoms.